The molecule has 1 heterocycles. The molecule has 1 aliphatic heterocycles. The predicted octanol–water partition coefficient (Wildman–Crippen LogP) is 3.08. The standard InChI is InChI=1S/C15H19NO/c1-11-6-12(2)14(13(3)7-11)8-15(9-16)4-5-17-10-15/h6-7H,4-5,8,10H2,1-3H3. The Labute approximate surface area is 103 Å². The van der Waals surface area contributed by atoms with Gasteiger partial charge in [-0.15, -0.1) is 0 Å². The van der Waals surface area contributed by atoms with E-state index in [1.54, 1.807) is 0 Å². The summed E-state index contributed by atoms with van der Waals surface area (Å²) in [6.07, 6.45) is 1.68. The first kappa shape index (κ1) is 12.1. The summed E-state index contributed by atoms with van der Waals surface area (Å²) in [6.45, 7) is 7.68. The van der Waals surface area contributed by atoms with E-state index in [2.05, 4.69) is 39.0 Å². The number of hydrogen-bond donors (Lipinski definition) is 0. The van der Waals surface area contributed by atoms with Crippen LogP contribution in [0.5, 0.6) is 0 Å². The molecule has 1 aliphatic rings. The third-order valence-electron chi connectivity index (χ3n) is 3.70. The van der Waals surface area contributed by atoms with Crippen molar-refractivity contribution in [1.29, 1.82) is 5.26 Å². The number of hydrogen-bond acceptors (Lipinski definition) is 2. The lowest BCUT2D eigenvalue weighted by Gasteiger charge is -2.21. The zero-order valence-corrected chi connectivity index (χ0v) is 10.8. The molecule has 2 nitrogen and oxygen atoms in total. The average molecular weight is 229 g/mol. The highest BCUT2D eigenvalue weighted by molar-refractivity contribution is 5.39. The molecule has 1 atom stereocenters. The Bertz CT molecular complexity index is 441. The second kappa shape index (κ2) is 4.50. The number of nitrogens with zero attached hydrogens (tertiary/aromatic N) is 1. The smallest absolute Gasteiger partial charge is 0.0868 e. The van der Waals surface area contributed by atoms with Crippen molar-refractivity contribution in [2.75, 3.05) is 13.2 Å². The van der Waals surface area contributed by atoms with Gasteiger partial charge in [-0.1, -0.05) is 17.7 Å². The molecule has 0 bridgehead atoms. The molecule has 1 aromatic rings. The number of aryl methyl sites for hydroxylation is 3. The fourth-order valence-corrected chi connectivity index (χ4v) is 2.70. The normalized spacial score (nSPS) is 23.6. The van der Waals surface area contributed by atoms with Crippen LogP contribution < -0.4 is 0 Å². The van der Waals surface area contributed by atoms with Crippen molar-refractivity contribution >= 4 is 0 Å². The molecule has 2 rings (SSSR count). The van der Waals surface area contributed by atoms with Gasteiger partial charge in [0.15, 0.2) is 0 Å². The van der Waals surface area contributed by atoms with Crippen LogP contribution in [0.15, 0.2) is 12.1 Å². The molecule has 17 heavy (non-hydrogen) atoms. The van der Waals surface area contributed by atoms with Crippen molar-refractivity contribution in [1.82, 2.24) is 0 Å². The van der Waals surface area contributed by atoms with Crippen LogP contribution in [0.4, 0.5) is 0 Å². The van der Waals surface area contributed by atoms with Crippen molar-refractivity contribution in [3.05, 3.63) is 34.4 Å². The van der Waals surface area contributed by atoms with Gasteiger partial charge in [-0.05, 0) is 50.3 Å². The first-order valence-electron chi connectivity index (χ1n) is 6.12. The molecular formula is C15H19NO. The van der Waals surface area contributed by atoms with Gasteiger partial charge in [-0.2, -0.15) is 5.26 Å². The van der Waals surface area contributed by atoms with E-state index in [4.69, 9.17) is 4.74 Å². The van der Waals surface area contributed by atoms with Crippen molar-refractivity contribution in [3.63, 3.8) is 0 Å². The maximum atomic E-state index is 9.38. The lowest BCUT2D eigenvalue weighted by molar-refractivity contribution is 0.171. The molecule has 0 spiro atoms. The largest absolute Gasteiger partial charge is 0.380 e. The van der Waals surface area contributed by atoms with Crippen LogP contribution in [-0.2, 0) is 11.2 Å². The summed E-state index contributed by atoms with van der Waals surface area (Å²) < 4.78 is 5.40. The Kier molecular flexibility index (Phi) is 3.22. The van der Waals surface area contributed by atoms with Crippen LogP contribution in [0.2, 0.25) is 0 Å². The fourth-order valence-electron chi connectivity index (χ4n) is 2.70. The van der Waals surface area contributed by atoms with Gasteiger partial charge in [-0.3, -0.25) is 0 Å². The van der Waals surface area contributed by atoms with Crippen LogP contribution in [0.25, 0.3) is 0 Å². The van der Waals surface area contributed by atoms with E-state index in [0.29, 0.717) is 6.61 Å². The van der Waals surface area contributed by atoms with Crippen LogP contribution in [0.3, 0.4) is 0 Å². The Balaban J connectivity index is 2.33. The first-order chi connectivity index (χ1) is 8.06. The topological polar surface area (TPSA) is 33.0 Å². The molecule has 0 aliphatic carbocycles. The van der Waals surface area contributed by atoms with E-state index in [9.17, 15) is 5.26 Å². The van der Waals surface area contributed by atoms with Crippen LogP contribution >= 0.6 is 0 Å². The van der Waals surface area contributed by atoms with Gasteiger partial charge in [0.25, 0.3) is 0 Å². The summed E-state index contributed by atoms with van der Waals surface area (Å²) in [5.74, 6) is 0. The SMILES string of the molecule is Cc1cc(C)c(CC2(C#N)CCOC2)c(C)c1. The lowest BCUT2D eigenvalue weighted by atomic mass is 9.80. The highest BCUT2D eigenvalue weighted by Crippen LogP contribution is 2.34. The maximum absolute atomic E-state index is 9.38. The predicted molar refractivity (Wildman–Crippen MR) is 67.8 cm³/mol. The van der Waals surface area contributed by atoms with Crippen molar-refractivity contribution < 1.29 is 4.74 Å². The molecule has 0 amide bonds. The van der Waals surface area contributed by atoms with E-state index in [1.807, 2.05) is 0 Å². The number of ether oxygens (including phenoxy) is 1. The summed E-state index contributed by atoms with van der Waals surface area (Å²) in [6, 6.07) is 6.87. The molecule has 1 fully saturated rings. The molecule has 1 saturated heterocycles. The molecular weight excluding hydrogens is 210 g/mol. The van der Waals surface area contributed by atoms with E-state index in [-0.39, 0.29) is 5.41 Å². The highest BCUT2D eigenvalue weighted by Gasteiger charge is 2.35. The van der Waals surface area contributed by atoms with E-state index in [1.165, 1.54) is 22.3 Å². The van der Waals surface area contributed by atoms with Crippen molar-refractivity contribution in [3.8, 4) is 6.07 Å². The monoisotopic (exact) mass is 229 g/mol. The van der Waals surface area contributed by atoms with Crippen molar-refractivity contribution in [2.45, 2.75) is 33.6 Å². The summed E-state index contributed by atoms with van der Waals surface area (Å²) in [7, 11) is 0. The molecule has 0 aromatic heterocycles. The average Bonchev–Trinajstić information content (AvgIpc) is 2.73. The van der Waals surface area contributed by atoms with Gasteiger partial charge >= 0.3 is 0 Å². The number of benzene rings is 1. The minimum atomic E-state index is -0.301. The van der Waals surface area contributed by atoms with Crippen LogP contribution in [0, 0.1) is 37.5 Å². The van der Waals surface area contributed by atoms with E-state index >= 15 is 0 Å². The Morgan fingerprint density at radius 3 is 2.41 bits per heavy atom. The van der Waals surface area contributed by atoms with Gasteiger partial charge < -0.3 is 4.74 Å². The van der Waals surface area contributed by atoms with Crippen LogP contribution in [-0.4, -0.2) is 13.2 Å². The van der Waals surface area contributed by atoms with Gasteiger partial charge in [0.1, 0.15) is 0 Å². The van der Waals surface area contributed by atoms with Crippen molar-refractivity contribution in [2.24, 2.45) is 5.41 Å². The molecule has 0 saturated carbocycles. The summed E-state index contributed by atoms with van der Waals surface area (Å²) >= 11 is 0. The highest BCUT2D eigenvalue weighted by atomic mass is 16.5. The van der Waals surface area contributed by atoms with Gasteiger partial charge in [-0.25, -0.2) is 0 Å². The van der Waals surface area contributed by atoms with Crippen LogP contribution in [0.1, 0.15) is 28.7 Å². The Morgan fingerprint density at radius 2 is 1.94 bits per heavy atom. The van der Waals surface area contributed by atoms with Gasteiger partial charge in [0.2, 0.25) is 0 Å². The Morgan fingerprint density at radius 1 is 1.29 bits per heavy atom. The lowest BCUT2D eigenvalue weighted by Crippen LogP contribution is -2.22. The second-order valence-corrected chi connectivity index (χ2v) is 5.25. The number of rotatable bonds is 2. The first-order valence-corrected chi connectivity index (χ1v) is 6.12. The molecule has 0 N–H and O–H groups in total. The molecule has 1 aromatic carbocycles. The van der Waals surface area contributed by atoms with Gasteiger partial charge in [0.05, 0.1) is 18.1 Å². The molecule has 90 valence electrons. The number of nitriles is 1. The summed E-state index contributed by atoms with van der Waals surface area (Å²) in [5, 5.41) is 9.38. The minimum absolute atomic E-state index is 0.301. The molecule has 0 radical (unpaired) electrons. The molecule has 2 heteroatoms. The zero-order chi connectivity index (χ0) is 12.5. The minimum Gasteiger partial charge on any atom is -0.380 e. The van der Waals surface area contributed by atoms with E-state index < -0.39 is 0 Å². The van der Waals surface area contributed by atoms with Gasteiger partial charge in [0, 0.05) is 6.61 Å². The molecule has 1 unspecified atom stereocenters. The third-order valence-corrected chi connectivity index (χ3v) is 3.70. The third kappa shape index (κ3) is 2.35. The zero-order valence-electron chi connectivity index (χ0n) is 10.8. The fraction of sp³-hybridized carbons (Fsp3) is 0.533. The summed E-state index contributed by atoms with van der Waals surface area (Å²) in [5.41, 5.74) is 4.90. The quantitative estimate of drug-likeness (QED) is 0.780. The second-order valence-electron chi connectivity index (χ2n) is 5.25. The van der Waals surface area contributed by atoms with E-state index in [0.717, 1.165) is 19.4 Å². The Hall–Kier alpha value is -1.33. The summed E-state index contributed by atoms with van der Waals surface area (Å²) in [4.78, 5) is 0. The maximum Gasteiger partial charge on any atom is 0.0868 e.